The van der Waals surface area contributed by atoms with Gasteiger partial charge in [-0.1, -0.05) is 37.3 Å². The highest BCUT2D eigenvalue weighted by atomic mass is 32.1. The highest BCUT2D eigenvalue weighted by Crippen LogP contribution is 2.24. The number of carboxylic acids is 1. The highest BCUT2D eigenvalue weighted by Gasteiger charge is 2.14. The molecular weight excluding hydrogens is 234 g/mol. The van der Waals surface area contributed by atoms with Crippen LogP contribution in [0.4, 0.5) is 0 Å². The van der Waals surface area contributed by atoms with Gasteiger partial charge in [0.2, 0.25) is 0 Å². The molecule has 1 atom stereocenters. The molecule has 0 saturated heterocycles. The minimum absolute atomic E-state index is 0.388. The number of carboxylic acid groups (broad SMARTS) is 1. The van der Waals surface area contributed by atoms with Gasteiger partial charge in [-0.05, 0) is 0 Å². The lowest BCUT2D eigenvalue weighted by molar-refractivity contribution is -0.141. The molecule has 0 amide bonds. The van der Waals surface area contributed by atoms with E-state index in [9.17, 15) is 4.79 Å². The number of hydrogen-bond donors (Lipinski definition) is 1. The van der Waals surface area contributed by atoms with E-state index in [-0.39, 0.29) is 5.92 Å². The number of aliphatic carboxylic acids is 1. The molecule has 3 nitrogen and oxygen atoms in total. The number of nitrogens with zero attached hydrogens (tertiary/aromatic N) is 1. The SMILES string of the molecule is C[C@@H](Cc1csc(-c2ccccc2)n1)C(=O)O. The summed E-state index contributed by atoms with van der Waals surface area (Å²) in [5.74, 6) is -1.17. The molecule has 1 aromatic heterocycles. The average molecular weight is 247 g/mol. The van der Waals surface area contributed by atoms with Gasteiger partial charge < -0.3 is 5.11 Å². The van der Waals surface area contributed by atoms with E-state index in [0.717, 1.165) is 16.3 Å². The van der Waals surface area contributed by atoms with Crippen LogP contribution in [0.1, 0.15) is 12.6 Å². The molecule has 0 aliphatic heterocycles. The summed E-state index contributed by atoms with van der Waals surface area (Å²) in [5.41, 5.74) is 1.93. The minimum Gasteiger partial charge on any atom is -0.481 e. The first-order valence-corrected chi connectivity index (χ1v) is 6.27. The monoisotopic (exact) mass is 247 g/mol. The second-order valence-electron chi connectivity index (χ2n) is 3.95. The zero-order valence-electron chi connectivity index (χ0n) is 9.46. The third-order valence-electron chi connectivity index (χ3n) is 2.51. The smallest absolute Gasteiger partial charge is 0.306 e. The fourth-order valence-corrected chi connectivity index (χ4v) is 2.35. The van der Waals surface area contributed by atoms with Crippen molar-refractivity contribution in [3.63, 3.8) is 0 Å². The van der Waals surface area contributed by atoms with Crippen LogP contribution in [-0.2, 0) is 11.2 Å². The van der Waals surface area contributed by atoms with Crippen LogP contribution >= 0.6 is 11.3 Å². The topological polar surface area (TPSA) is 50.2 Å². The molecule has 0 unspecified atom stereocenters. The average Bonchev–Trinajstić information content (AvgIpc) is 2.78. The Morgan fingerprint density at radius 2 is 2.12 bits per heavy atom. The Kier molecular flexibility index (Phi) is 3.54. The van der Waals surface area contributed by atoms with Crippen LogP contribution in [0.15, 0.2) is 35.7 Å². The molecule has 2 rings (SSSR count). The van der Waals surface area contributed by atoms with Crippen LogP contribution in [0.25, 0.3) is 10.6 Å². The van der Waals surface area contributed by atoms with Crippen molar-refractivity contribution in [2.45, 2.75) is 13.3 Å². The van der Waals surface area contributed by atoms with Crippen molar-refractivity contribution in [2.75, 3.05) is 0 Å². The maximum Gasteiger partial charge on any atom is 0.306 e. The predicted octanol–water partition coefficient (Wildman–Crippen LogP) is 3.07. The van der Waals surface area contributed by atoms with Gasteiger partial charge in [-0.15, -0.1) is 11.3 Å². The molecule has 0 saturated carbocycles. The summed E-state index contributed by atoms with van der Waals surface area (Å²) in [4.78, 5) is 15.2. The van der Waals surface area contributed by atoms with E-state index in [1.807, 2.05) is 35.7 Å². The zero-order valence-corrected chi connectivity index (χ0v) is 10.3. The summed E-state index contributed by atoms with van der Waals surface area (Å²) >= 11 is 1.55. The maximum absolute atomic E-state index is 10.8. The van der Waals surface area contributed by atoms with Gasteiger partial charge in [0, 0.05) is 17.4 Å². The fraction of sp³-hybridized carbons (Fsp3) is 0.231. The number of thiazole rings is 1. The van der Waals surface area contributed by atoms with Crippen molar-refractivity contribution < 1.29 is 9.90 Å². The van der Waals surface area contributed by atoms with Crippen molar-refractivity contribution in [1.29, 1.82) is 0 Å². The molecule has 17 heavy (non-hydrogen) atoms. The molecule has 0 spiro atoms. The first-order chi connectivity index (χ1) is 8.16. The van der Waals surface area contributed by atoms with Gasteiger partial charge in [0.1, 0.15) is 5.01 Å². The van der Waals surface area contributed by atoms with E-state index in [1.54, 1.807) is 18.3 Å². The van der Waals surface area contributed by atoms with E-state index >= 15 is 0 Å². The Labute approximate surface area is 104 Å². The molecule has 0 fully saturated rings. The lowest BCUT2D eigenvalue weighted by Gasteiger charge is -2.01. The predicted molar refractivity (Wildman–Crippen MR) is 68.1 cm³/mol. The van der Waals surface area contributed by atoms with Gasteiger partial charge in [0.05, 0.1) is 11.6 Å². The van der Waals surface area contributed by atoms with Gasteiger partial charge in [-0.3, -0.25) is 4.79 Å². The lowest BCUT2D eigenvalue weighted by Crippen LogP contribution is -2.12. The molecule has 1 N–H and O–H groups in total. The van der Waals surface area contributed by atoms with Gasteiger partial charge in [-0.2, -0.15) is 0 Å². The third kappa shape index (κ3) is 2.91. The van der Waals surface area contributed by atoms with Crippen molar-refractivity contribution in [3.8, 4) is 10.6 Å². The standard InChI is InChI=1S/C13H13NO2S/c1-9(13(15)16)7-11-8-17-12(14-11)10-5-3-2-4-6-10/h2-6,8-9H,7H2,1H3,(H,15,16)/t9-/m0/s1. The Morgan fingerprint density at radius 1 is 1.41 bits per heavy atom. The Hall–Kier alpha value is -1.68. The number of hydrogen-bond acceptors (Lipinski definition) is 3. The van der Waals surface area contributed by atoms with Gasteiger partial charge in [-0.25, -0.2) is 4.98 Å². The summed E-state index contributed by atoms with van der Waals surface area (Å²) < 4.78 is 0. The Bertz CT molecular complexity index is 507. The molecule has 1 heterocycles. The molecule has 2 aromatic rings. The first kappa shape index (κ1) is 11.8. The maximum atomic E-state index is 10.8. The van der Waals surface area contributed by atoms with E-state index in [2.05, 4.69) is 4.98 Å². The molecule has 0 radical (unpaired) electrons. The second-order valence-corrected chi connectivity index (χ2v) is 4.81. The molecule has 0 aliphatic carbocycles. The second kappa shape index (κ2) is 5.10. The van der Waals surface area contributed by atoms with Crippen LogP contribution in [0.5, 0.6) is 0 Å². The fourth-order valence-electron chi connectivity index (χ4n) is 1.52. The van der Waals surface area contributed by atoms with Crippen molar-refractivity contribution in [3.05, 3.63) is 41.4 Å². The molecule has 0 aliphatic rings. The first-order valence-electron chi connectivity index (χ1n) is 5.39. The zero-order chi connectivity index (χ0) is 12.3. The minimum atomic E-state index is -0.778. The summed E-state index contributed by atoms with van der Waals surface area (Å²) in [5, 5.41) is 11.7. The van der Waals surface area contributed by atoms with E-state index < -0.39 is 5.97 Å². The van der Waals surface area contributed by atoms with Gasteiger partial charge in [0.15, 0.2) is 0 Å². The van der Waals surface area contributed by atoms with Crippen LogP contribution in [-0.4, -0.2) is 16.1 Å². The molecular formula is C13H13NO2S. The van der Waals surface area contributed by atoms with E-state index in [0.29, 0.717) is 6.42 Å². The summed E-state index contributed by atoms with van der Waals surface area (Å²) in [6.45, 7) is 1.70. The van der Waals surface area contributed by atoms with Crippen molar-refractivity contribution in [2.24, 2.45) is 5.92 Å². The lowest BCUT2D eigenvalue weighted by atomic mass is 10.1. The van der Waals surface area contributed by atoms with Crippen LogP contribution in [0, 0.1) is 5.92 Å². The third-order valence-corrected chi connectivity index (χ3v) is 3.45. The molecule has 4 heteroatoms. The van der Waals surface area contributed by atoms with Crippen molar-refractivity contribution in [1.82, 2.24) is 4.98 Å². The van der Waals surface area contributed by atoms with Gasteiger partial charge in [0.25, 0.3) is 0 Å². The summed E-state index contributed by atoms with van der Waals surface area (Å²) in [7, 11) is 0. The summed E-state index contributed by atoms with van der Waals surface area (Å²) in [6, 6.07) is 9.91. The van der Waals surface area contributed by atoms with Crippen LogP contribution < -0.4 is 0 Å². The highest BCUT2D eigenvalue weighted by molar-refractivity contribution is 7.13. The Balaban J connectivity index is 2.14. The molecule has 0 bridgehead atoms. The van der Waals surface area contributed by atoms with Crippen LogP contribution in [0.2, 0.25) is 0 Å². The van der Waals surface area contributed by atoms with Crippen LogP contribution in [0.3, 0.4) is 0 Å². The van der Waals surface area contributed by atoms with Crippen molar-refractivity contribution >= 4 is 17.3 Å². The van der Waals surface area contributed by atoms with E-state index in [1.165, 1.54) is 0 Å². The number of carbonyl (C=O) groups is 1. The molecule has 88 valence electrons. The quantitative estimate of drug-likeness (QED) is 0.903. The summed E-state index contributed by atoms with van der Waals surface area (Å²) in [6.07, 6.45) is 0.485. The largest absolute Gasteiger partial charge is 0.481 e. The Morgan fingerprint density at radius 3 is 2.76 bits per heavy atom. The number of rotatable bonds is 4. The molecule has 1 aromatic carbocycles. The normalized spacial score (nSPS) is 12.3. The van der Waals surface area contributed by atoms with E-state index in [4.69, 9.17) is 5.11 Å². The number of benzene rings is 1. The number of aromatic nitrogens is 1. The van der Waals surface area contributed by atoms with Gasteiger partial charge >= 0.3 is 5.97 Å².